The average Bonchev–Trinajstić information content (AvgIpc) is 3.26. The van der Waals surface area contributed by atoms with Crippen LogP contribution in [0.3, 0.4) is 0 Å². The summed E-state index contributed by atoms with van der Waals surface area (Å²) in [6.07, 6.45) is 1.67. The molecule has 162 valence electrons. The van der Waals surface area contributed by atoms with Gasteiger partial charge in [0.05, 0.1) is 11.4 Å². The van der Waals surface area contributed by atoms with Gasteiger partial charge in [0.15, 0.2) is 0 Å². The van der Waals surface area contributed by atoms with Gasteiger partial charge >= 0.3 is 0 Å². The number of fused-ring (bicyclic) bond motifs is 1. The number of hydrogen-bond acceptors (Lipinski definition) is 5. The van der Waals surface area contributed by atoms with Crippen LogP contribution >= 0.6 is 0 Å². The third kappa shape index (κ3) is 3.43. The Balaban J connectivity index is 1.36. The number of benzene rings is 1. The summed E-state index contributed by atoms with van der Waals surface area (Å²) in [5.74, 6) is 1.01. The lowest BCUT2D eigenvalue weighted by Crippen LogP contribution is -2.41. The number of nitrogens with zero attached hydrogens (tertiary/aromatic N) is 6. The van der Waals surface area contributed by atoms with Gasteiger partial charge in [0.1, 0.15) is 11.5 Å². The molecule has 32 heavy (non-hydrogen) atoms. The van der Waals surface area contributed by atoms with Crippen LogP contribution in [-0.4, -0.2) is 36.8 Å². The minimum atomic E-state index is -0.0271. The van der Waals surface area contributed by atoms with Gasteiger partial charge in [-0.2, -0.15) is 10.1 Å². The topological polar surface area (TPSA) is 80.9 Å². The molecule has 0 atom stereocenters. The van der Waals surface area contributed by atoms with Crippen molar-refractivity contribution in [3.05, 3.63) is 77.0 Å². The fraction of sp³-hybridized carbons (Fsp3) is 0.250. The van der Waals surface area contributed by atoms with Crippen LogP contribution in [0.4, 0.5) is 17.5 Å². The van der Waals surface area contributed by atoms with Gasteiger partial charge in [-0.1, -0.05) is 0 Å². The molecule has 8 heteroatoms. The van der Waals surface area contributed by atoms with Gasteiger partial charge in [-0.15, -0.1) is 0 Å². The maximum atomic E-state index is 13.1. The first kappa shape index (κ1) is 20.0. The quantitative estimate of drug-likeness (QED) is 0.530. The van der Waals surface area contributed by atoms with Gasteiger partial charge in [-0.25, -0.2) is 9.67 Å². The third-order valence-electron chi connectivity index (χ3n) is 5.78. The second kappa shape index (κ2) is 7.64. The van der Waals surface area contributed by atoms with E-state index in [1.807, 2.05) is 62.7 Å². The number of carbonyl (C=O) groups is 1. The molecule has 0 aliphatic carbocycles. The highest BCUT2D eigenvalue weighted by Crippen LogP contribution is 2.25. The predicted molar refractivity (Wildman–Crippen MR) is 124 cm³/mol. The van der Waals surface area contributed by atoms with Crippen LogP contribution in [0, 0.1) is 27.7 Å². The smallest absolute Gasteiger partial charge is 0.276 e. The molecule has 0 radical (unpaired) electrons. The lowest BCUT2D eigenvalue weighted by molar-refractivity contribution is 0.0963. The molecule has 4 aromatic rings. The molecular formula is C24H25N7O. The maximum absolute atomic E-state index is 13.1. The Morgan fingerprint density at radius 3 is 2.44 bits per heavy atom. The van der Waals surface area contributed by atoms with Crippen molar-refractivity contribution in [2.24, 2.45) is 0 Å². The van der Waals surface area contributed by atoms with Crippen LogP contribution in [0.15, 0.2) is 48.7 Å². The first-order chi connectivity index (χ1) is 15.4. The summed E-state index contributed by atoms with van der Waals surface area (Å²) in [5.41, 5.74) is 6.76. The SMILES string of the molecule is Cc1cc(C)n(-c2ccc(Nc3nccc(N4CCn5c(C)cc(C)c5C4=O)n3)cc2)n1. The molecule has 0 saturated heterocycles. The van der Waals surface area contributed by atoms with E-state index in [1.165, 1.54) is 0 Å². The number of aromatic nitrogens is 5. The van der Waals surface area contributed by atoms with E-state index in [0.29, 0.717) is 18.3 Å². The first-order valence-corrected chi connectivity index (χ1v) is 10.6. The molecule has 1 N–H and O–H groups in total. The summed E-state index contributed by atoms with van der Waals surface area (Å²) >= 11 is 0. The predicted octanol–water partition coefficient (Wildman–Crippen LogP) is 4.10. The Morgan fingerprint density at radius 1 is 0.938 bits per heavy atom. The number of rotatable bonds is 4. The van der Waals surface area contributed by atoms with E-state index in [1.54, 1.807) is 17.2 Å². The average molecular weight is 428 g/mol. The minimum Gasteiger partial charge on any atom is -0.339 e. The van der Waals surface area contributed by atoms with Gasteiger partial charge in [-0.3, -0.25) is 9.69 Å². The van der Waals surface area contributed by atoms with Gasteiger partial charge in [0.25, 0.3) is 5.91 Å². The summed E-state index contributed by atoms with van der Waals surface area (Å²) in [6.45, 7) is 9.36. The fourth-order valence-corrected chi connectivity index (χ4v) is 4.33. The highest BCUT2D eigenvalue weighted by atomic mass is 16.2. The van der Waals surface area contributed by atoms with E-state index in [2.05, 4.69) is 31.0 Å². The van der Waals surface area contributed by atoms with Crippen LogP contribution < -0.4 is 10.2 Å². The molecule has 0 unspecified atom stereocenters. The molecule has 0 saturated carbocycles. The minimum absolute atomic E-state index is 0.0271. The molecule has 3 aromatic heterocycles. The number of carbonyl (C=O) groups excluding carboxylic acids is 1. The van der Waals surface area contributed by atoms with Crippen LogP contribution in [0.2, 0.25) is 0 Å². The number of anilines is 3. The van der Waals surface area contributed by atoms with Crippen molar-refractivity contribution in [1.82, 2.24) is 24.3 Å². The largest absolute Gasteiger partial charge is 0.339 e. The van der Waals surface area contributed by atoms with E-state index in [9.17, 15) is 4.79 Å². The Bertz CT molecular complexity index is 1320. The number of hydrogen-bond donors (Lipinski definition) is 1. The zero-order valence-electron chi connectivity index (χ0n) is 18.6. The van der Waals surface area contributed by atoms with Crippen LogP contribution in [-0.2, 0) is 6.54 Å². The third-order valence-corrected chi connectivity index (χ3v) is 5.78. The van der Waals surface area contributed by atoms with Crippen molar-refractivity contribution in [1.29, 1.82) is 0 Å². The monoisotopic (exact) mass is 427 g/mol. The summed E-state index contributed by atoms with van der Waals surface area (Å²) < 4.78 is 4.00. The molecule has 5 rings (SSSR count). The first-order valence-electron chi connectivity index (χ1n) is 10.6. The molecule has 0 fully saturated rings. The van der Waals surface area contributed by atoms with Crippen molar-refractivity contribution in [3.8, 4) is 5.69 Å². The molecule has 0 spiro atoms. The molecule has 1 aliphatic rings. The molecule has 8 nitrogen and oxygen atoms in total. The van der Waals surface area contributed by atoms with Gasteiger partial charge < -0.3 is 9.88 Å². The standard InChI is InChI=1S/C24H25N7O/c1-15-13-17(3)29-11-12-30(23(32)22(15)29)21-9-10-25-24(27-21)26-19-5-7-20(8-6-19)31-18(4)14-16(2)28-31/h5-10,13-14H,11-12H2,1-4H3,(H,25,26,27). The van der Waals surface area contributed by atoms with Crippen LogP contribution in [0.25, 0.3) is 5.69 Å². The maximum Gasteiger partial charge on any atom is 0.276 e. The Hall–Kier alpha value is -3.94. The normalized spacial score (nSPS) is 13.4. The lowest BCUT2D eigenvalue weighted by Gasteiger charge is -2.28. The van der Waals surface area contributed by atoms with Gasteiger partial charge in [0.2, 0.25) is 5.95 Å². The van der Waals surface area contributed by atoms with Gasteiger partial charge in [0, 0.05) is 36.4 Å². The van der Waals surface area contributed by atoms with E-state index >= 15 is 0 Å². The summed E-state index contributed by atoms with van der Waals surface area (Å²) in [4.78, 5) is 23.8. The highest BCUT2D eigenvalue weighted by Gasteiger charge is 2.29. The van der Waals surface area contributed by atoms with Crippen LogP contribution in [0.1, 0.15) is 33.1 Å². The molecule has 1 aliphatic heterocycles. The van der Waals surface area contributed by atoms with Crippen molar-refractivity contribution >= 4 is 23.4 Å². The van der Waals surface area contributed by atoms with E-state index in [0.717, 1.165) is 46.3 Å². The highest BCUT2D eigenvalue weighted by molar-refractivity contribution is 6.06. The summed E-state index contributed by atoms with van der Waals surface area (Å²) in [6, 6.07) is 13.8. The van der Waals surface area contributed by atoms with Crippen molar-refractivity contribution in [2.75, 3.05) is 16.8 Å². The second-order valence-electron chi connectivity index (χ2n) is 8.17. The van der Waals surface area contributed by atoms with E-state index in [4.69, 9.17) is 0 Å². The molecular weight excluding hydrogens is 402 g/mol. The molecule has 1 amide bonds. The lowest BCUT2D eigenvalue weighted by atomic mass is 10.2. The summed E-state index contributed by atoms with van der Waals surface area (Å²) in [7, 11) is 0. The Labute approximate surface area is 186 Å². The van der Waals surface area contributed by atoms with Gasteiger partial charge in [-0.05, 0) is 75.7 Å². The molecule has 4 heterocycles. The van der Waals surface area contributed by atoms with E-state index in [-0.39, 0.29) is 5.91 Å². The number of nitrogens with one attached hydrogen (secondary N) is 1. The van der Waals surface area contributed by atoms with Crippen molar-refractivity contribution < 1.29 is 4.79 Å². The number of amides is 1. The molecule has 1 aromatic carbocycles. The Morgan fingerprint density at radius 2 is 1.72 bits per heavy atom. The van der Waals surface area contributed by atoms with Crippen molar-refractivity contribution in [3.63, 3.8) is 0 Å². The van der Waals surface area contributed by atoms with Crippen LogP contribution in [0.5, 0.6) is 0 Å². The summed E-state index contributed by atoms with van der Waals surface area (Å²) in [5, 5.41) is 7.76. The zero-order chi connectivity index (χ0) is 22.4. The second-order valence-corrected chi connectivity index (χ2v) is 8.17. The van der Waals surface area contributed by atoms with E-state index < -0.39 is 0 Å². The Kier molecular flexibility index (Phi) is 4.77. The molecule has 0 bridgehead atoms. The number of aryl methyl sites for hydroxylation is 4. The van der Waals surface area contributed by atoms with Crippen molar-refractivity contribution in [2.45, 2.75) is 34.2 Å². The zero-order valence-corrected chi connectivity index (χ0v) is 18.6. The fourth-order valence-electron chi connectivity index (χ4n) is 4.33.